The topological polar surface area (TPSA) is 87.2 Å². The van der Waals surface area contributed by atoms with Crippen LogP contribution >= 0.6 is 0 Å². The first-order valence-electron chi connectivity index (χ1n) is 10.6. The lowest BCUT2D eigenvalue weighted by molar-refractivity contribution is 0.111. The number of nitrogens with zero attached hydrogens (tertiary/aromatic N) is 2. The molecule has 1 saturated heterocycles. The van der Waals surface area contributed by atoms with Crippen LogP contribution in [0.4, 0.5) is 16.2 Å². The third-order valence-electron chi connectivity index (χ3n) is 5.15. The molecule has 0 aromatic heterocycles. The van der Waals surface area contributed by atoms with Crippen molar-refractivity contribution in [2.45, 2.75) is 24.3 Å². The molecule has 0 saturated carbocycles. The van der Waals surface area contributed by atoms with Crippen LogP contribution in [0.15, 0.2) is 89.8 Å². The first kappa shape index (κ1) is 24.4. The SMILES string of the molecule is CN1CCC(OC(=O)N(c2ccccc2)c2ccccc2)C1.Cc1ccc(S(=O)(=O)O)cc1. The lowest BCUT2D eigenvalue weighted by Crippen LogP contribution is -2.31. The number of anilines is 2. The van der Waals surface area contributed by atoms with Gasteiger partial charge in [-0.3, -0.25) is 4.55 Å². The zero-order valence-corrected chi connectivity index (χ0v) is 19.5. The predicted octanol–water partition coefficient (Wildman–Crippen LogP) is 4.91. The molecule has 3 aromatic carbocycles. The minimum Gasteiger partial charge on any atom is -0.444 e. The summed E-state index contributed by atoms with van der Waals surface area (Å²) >= 11 is 0. The zero-order valence-electron chi connectivity index (χ0n) is 18.7. The van der Waals surface area contributed by atoms with Gasteiger partial charge in [0.15, 0.2) is 0 Å². The van der Waals surface area contributed by atoms with Crippen LogP contribution in [-0.4, -0.2) is 50.2 Å². The van der Waals surface area contributed by atoms with Crippen molar-refractivity contribution in [1.29, 1.82) is 0 Å². The molecule has 1 aliphatic heterocycles. The van der Waals surface area contributed by atoms with Crippen molar-refractivity contribution < 1.29 is 22.5 Å². The van der Waals surface area contributed by atoms with Crippen molar-refractivity contribution >= 4 is 27.6 Å². The highest BCUT2D eigenvalue weighted by atomic mass is 32.2. The molecular weight excluding hydrogens is 440 g/mol. The lowest BCUT2D eigenvalue weighted by atomic mass is 10.2. The standard InChI is InChI=1S/C18H20N2O2.C7H8O3S/c1-19-13-12-17(14-19)22-18(21)20(15-8-4-2-5-9-15)16-10-6-3-7-11-16;1-6-2-4-7(5-3-6)11(8,9)10/h2-11,17H,12-14H2,1H3;2-5H,1H3,(H,8,9,10). The van der Waals surface area contributed by atoms with Gasteiger partial charge in [0.1, 0.15) is 6.10 Å². The first-order valence-corrected chi connectivity index (χ1v) is 12.0. The van der Waals surface area contributed by atoms with Crippen LogP contribution in [0, 0.1) is 6.92 Å². The van der Waals surface area contributed by atoms with Crippen LogP contribution in [0.5, 0.6) is 0 Å². The van der Waals surface area contributed by atoms with Gasteiger partial charge in [-0.1, -0.05) is 54.1 Å². The molecule has 1 heterocycles. The van der Waals surface area contributed by atoms with Gasteiger partial charge in [-0.05, 0) is 56.8 Å². The van der Waals surface area contributed by atoms with E-state index in [9.17, 15) is 13.2 Å². The highest BCUT2D eigenvalue weighted by Crippen LogP contribution is 2.27. The Kier molecular flexibility index (Phi) is 8.21. The number of rotatable bonds is 4. The Hall–Kier alpha value is -3.20. The van der Waals surface area contributed by atoms with Crippen LogP contribution < -0.4 is 4.90 Å². The summed E-state index contributed by atoms with van der Waals surface area (Å²) in [5, 5.41) is 0. The van der Waals surface area contributed by atoms with Crippen LogP contribution in [-0.2, 0) is 14.9 Å². The maximum absolute atomic E-state index is 12.7. The fourth-order valence-electron chi connectivity index (χ4n) is 3.41. The summed E-state index contributed by atoms with van der Waals surface area (Å²) in [4.78, 5) is 16.4. The number of amides is 1. The zero-order chi connectivity index (χ0) is 23.8. The largest absolute Gasteiger partial charge is 0.444 e. The van der Waals surface area contributed by atoms with Gasteiger partial charge in [-0.15, -0.1) is 0 Å². The number of likely N-dealkylation sites (tertiary alicyclic amines) is 1. The number of carbonyl (C=O) groups is 1. The summed E-state index contributed by atoms with van der Waals surface area (Å²) in [5.41, 5.74) is 2.58. The molecule has 0 aliphatic carbocycles. The maximum Gasteiger partial charge on any atom is 0.419 e. The molecule has 8 heteroatoms. The summed E-state index contributed by atoms with van der Waals surface area (Å²) in [6.07, 6.45) is 0.532. The van der Waals surface area contributed by atoms with Gasteiger partial charge in [0.2, 0.25) is 0 Å². The molecule has 1 atom stereocenters. The van der Waals surface area contributed by atoms with Gasteiger partial charge in [0.05, 0.1) is 16.3 Å². The number of hydrogen-bond acceptors (Lipinski definition) is 5. The van der Waals surface area contributed by atoms with Gasteiger partial charge in [-0.25, -0.2) is 9.69 Å². The second kappa shape index (κ2) is 11.1. The van der Waals surface area contributed by atoms with E-state index in [1.807, 2.05) is 74.6 Å². The lowest BCUT2D eigenvalue weighted by Gasteiger charge is -2.24. The summed E-state index contributed by atoms with van der Waals surface area (Å²) < 4.78 is 35.2. The van der Waals surface area contributed by atoms with Crippen molar-refractivity contribution in [1.82, 2.24) is 4.90 Å². The Morgan fingerprint density at radius 3 is 1.88 bits per heavy atom. The van der Waals surface area contributed by atoms with Gasteiger partial charge < -0.3 is 9.64 Å². The van der Waals surface area contributed by atoms with Crippen LogP contribution in [0.25, 0.3) is 0 Å². The number of benzene rings is 3. The van der Waals surface area contributed by atoms with E-state index in [-0.39, 0.29) is 17.1 Å². The van der Waals surface area contributed by atoms with Crippen molar-refractivity contribution in [3.05, 3.63) is 90.5 Å². The van der Waals surface area contributed by atoms with E-state index < -0.39 is 10.1 Å². The molecule has 4 rings (SSSR count). The second-order valence-electron chi connectivity index (χ2n) is 7.85. The molecule has 1 fully saturated rings. The Labute approximate surface area is 195 Å². The smallest absolute Gasteiger partial charge is 0.419 e. The third-order valence-corrected chi connectivity index (χ3v) is 6.01. The maximum atomic E-state index is 12.7. The molecule has 0 radical (unpaired) electrons. The molecule has 1 amide bonds. The predicted molar refractivity (Wildman–Crippen MR) is 128 cm³/mol. The quantitative estimate of drug-likeness (QED) is 0.548. The Morgan fingerprint density at radius 1 is 0.939 bits per heavy atom. The molecule has 7 nitrogen and oxygen atoms in total. The first-order chi connectivity index (χ1) is 15.7. The molecule has 33 heavy (non-hydrogen) atoms. The Morgan fingerprint density at radius 2 is 1.45 bits per heavy atom. The van der Waals surface area contributed by atoms with Crippen molar-refractivity contribution in [2.75, 3.05) is 25.0 Å². The van der Waals surface area contributed by atoms with E-state index >= 15 is 0 Å². The number of carbonyl (C=O) groups excluding carboxylic acids is 1. The molecule has 0 bridgehead atoms. The van der Waals surface area contributed by atoms with Crippen LogP contribution in [0.3, 0.4) is 0 Å². The van der Waals surface area contributed by atoms with Crippen LogP contribution in [0.1, 0.15) is 12.0 Å². The minimum atomic E-state index is -4.02. The number of hydrogen-bond donors (Lipinski definition) is 1. The van der Waals surface area contributed by atoms with E-state index in [1.165, 1.54) is 12.1 Å². The van der Waals surface area contributed by atoms with E-state index in [0.717, 1.165) is 36.4 Å². The minimum absolute atomic E-state index is 0.0348. The summed E-state index contributed by atoms with van der Waals surface area (Å²) in [6, 6.07) is 25.2. The van der Waals surface area contributed by atoms with E-state index in [4.69, 9.17) is 9.29 Å². The molecule has 1 aliphatic rings. The molecule has 3 aromatic rings. The fraction of sp³-hybridized carbons (Fsp3) is 0.240. The summed E-state index contributed by atoms with van der Waals surface area (Å²) in [5.74, 6) is 0. The number of para-hydroxylation sites is 2. The highest BCUT2D eigenvalue weighted by Gasteiger charge is 2.27. The van der Waals surface area contributed by atoms with Gasteiger partial charge in [0.25, 0.3) is 10.1 Å². The van der Waals surface area contributed by atoms with Crippen molar-refractivity contribution in [3.8, 4) is 0 Å². The van der Waals surface area contributed by atoms with Gasteiger partial charge in [0, 0.05) is 13.1 Å². The second-order valence-corrected chi connectivity index (χ2v) is 9.27. The average molecular weight is 469 g/mol. The molecule has 174 valence electrons. The van der Waals surface area contributed by atoms with E-state index in [0.29, 0.717) is 0 Å². The summed E-state index contributed by atoms with van der Waals surface area (Å²) in [6.45, 7) is 3.60. The monoisotopic (exact) mass is 468 g/mol. The normalized spacial score (nSPS) is 15.9. The number of likely N-dealkylation sites (N-methyl/N-ethyl adjacent to an activating group) is 1. The fourth-order valence-corrected chi connectivity index (χ4v) is 3.89. The Bertz CT molecular complexity index is 1100. The number of ether oxygens (including phenoxy) is 1. The summed E-state index contributed by atoms with van der Waals surface area (Å²) in [7, 11) is -1.98. The highest BCUT2D eigenvalue weighted by molar-refractivity contribution is 7.85. The van der Waals surface area contributed by atoms with Crippen LogP contribution in [0.2, 0.25) is 0 Å². The Balaban J connectivity index is 0.000000235. The van der Waals surface area contributed by atoms with Crippen molar-refractivity contribution in [3.63, 3.8) is 0 Å². The number of aryl methyl sites for hydroxylation is 1. The molecular formula is C25H28N2O5S. The average Bonchev–Trinajstić information content (AvgIpc) is 3.20. The molecule has 1 N–H and O–H groups in total. The third kappa shape index (κ3) is 7.15. The molecule has 0 spiro atoms. The van der Waals surface area contributed by atoms with E-state index in [2.05, 4.69) is 4.90 Å². The van der Waals surface area contributed by atoms with Gasteiger partial charge in [-0.2, -0.15) is 8.42 Å². The van der Waals surface area contributed by atoms with Crippen molar-refractivity contribution in [2.24, 2.45) is 0 Å². The molecule has 1 unspecified atom stereocenters. The van der Waals surface area contributed by atoms with E-state index in [1.54, 1.807) is 17.0 Å². The van der Waals surface area contributed by atoms with Gasteiger partial charge >= 0.3 is 6.09 Å².